The number of anilines is 1. The zero-order chi connectivity index (χ0) is 13.9. The van der Waals surface area contributed by atoms with Gasteiger partial charge in [-0.3, -0.25) is 4.98 Å². The van der Waals surface area contributed by atoms with Crippen molar-refractivity contribution in [3.8, 4) is 5.75 Å². The Kier molecular flexibility index (Phi) is 6.47. The van der Waals surface area contributed by atoms with E-state index in [4.69, 9.17) is 10.5 Å². The van der Waals surface area contributed by atoms with Crippen molar-refractivity contribution in [2.75, 3.05) is 5.73 Å². The number of hydrogen-bond acceptors (Lipinski definition) is 3. The van der Waals surface area contributed by atoms with Crippen LogP contribution < -0.4 is 10.5 Å². The van der Waals surface area contributed by atoms with E-state index in [9.17, 15) is 0 Å². The van der Waals surface area contributed by atoms with Crippen LogP contribution in [0.2, 0.25) is 0 Å². The average Bonchev–Trinajstić information content (AvgIpc) is 2.46. The molecular weight excluding hydrogens is 319 g/mol. The van der Waals surface area contributed by atoms with Gasteiger partial charge in [-0.1, -0.05) is 18.2 Å². The van der Waals surface area contributed by atoms with Crippen LogP contribution in [0, 0.1) is 6.92 Å². The molecule has 22 heavy (non-hydrogen) atoms. The predicted octanol–water partition coefficient (Wildman–Crippen LogP) is 4.55. The molecule has 0 saturated heterocycles. The number of fused-ring (bicyclic) bond motifs is 1. The van der Waals surface area contributed by atoms with Crippen molar-refractivity contribution in [3.63, 3.8) is 0 Å². The summed E-state index contributed by atoms with van der Waals surface area (Å²) < 4.78 is 5.83. The van der Waals surface area contributed by atoms with Gasteiger partial charge in [0.1, 0.15) is 12.4 Å². The standard InChI is InChI=1S/C17H16N2O.2ClH/c1-12-10-13(16-4-2-3-5-17(16)19-12)11-20-15-8-6-14(18)7-9-15;;/h2-10H,11,18H2,1H3;2*1H. The van der Waals surface area contributed by atoms with E-state index >= 15 is 0 Å². The Morgan fingerprint density at radius 2 is 1.68 bits per heavy atom. The lowest BCUT2D eigenvalue weighted by molar-refractivity contribution is 0.307. The maximum absolute atomic E-state index is 5.83. The second kappa shape index (κ2) is 7.87. The summed E-state index contributed by atoms with van der Waals surface area (Å²) in [6, 6.07) is 17.6. The Labute approximate surface area is 142 Å². The van der Waals surface area contributed by atoms with Crippen molar-refractivity contribution in [3.05, 3.63) is 65.9 Å². The molecule has 0 aliphatic heterocycles. The molecule has 5 heteroatoms. The van der Waals surface area contributed by atoms with Crippen molar-refractivity contribution in [2.45, 2.75) is 13.5 Å². The van der Waals surface area contributed by atoms with E-state index in [1.54, 1.807) is 0 Å². The molecule has 0 fully saturated rings. The van der Waals surface area contributed by atoms with Crippen LogP contribution >= 0.6 is 24.8 Å². The first-order chi connectivity index (χ1) is 9.72. The molecule has 0 amide bonds. The van der Waals surface area contributed by atoms with E-state index in [0.29, 0.717) is 6.61 Å². The molecule has 0 bridgehead atoms. The lowest BCUT2D eigenvalue weighted by Gasteiger charge is -2.10. The summed E-state index contributed by atoms with van der Waals surface area (Å²) >= 11 is 0. The molecule has 0 atom stereocenters. The van der Waals surface area contributed by atoms with Crippen LogP contribution in [0.4, 0.5) is 5.69 Å². The fraction of sp³-hybridized carbons (Fsp3) is 0.118. The number of pyridine rings is 1. The van der Waals surface area contributed by atoms with Crippen LogP contribution in [0.25, 0.3) is 10.9 Å². The number of nitrogens with zero attached hydrogens (tertiary/aromatic N) is 1. The van der Waals surface area contributed by atoms with E-state index < -0.39 is 0 Å². The van der Waals surface area contributed by atoms with Gasteiger partial charge in [0.2, 0.25) is 0 Å². The molecule has 0 radical (unpaired) electrons. The summed E-state index contributed by atoms with van der Waals surface area (Å²) in [5.74, 6) is 0.817. The topological polar surface area (TPSA) is 48.1 Å². The van der Waals surface area contributed by atoms with Gasteiger partial charge in [-0.05, 0) is 43.3 Å². The quantitative estimate of drug-likeness (QED) is 0.714. The van der Waals surface area contributed by atoms with Crippen LogP contribution in [-0.2, 0) is 6.61 Å². The van der Waals surface area contributed by atoms with Crippen molar-refractivity contribution in [1.29, 1.82) is 0 Å². The number of para-hydroxylation sites is 1. The molecule has 3 aromatic rings. The number of aryl methyl sites for hydroxylation is 1. The fourth-order valence-corrected chi connectivity index (χ4v) is 2.24. The Morgan fingerprint density at radius 1 is 1.00 bits per heavy atom. The SMILES string of the molecule is Cc1cc(COc2ccc(N)cc2)c2ccccc2n1.Cl.Cl. The summed E-state index contributed by atoms with van der Waals surface area (Å²) in [4.78, 5) is 4.53. The molecule has 3 nitrogen and oxygen atoms in total. The van der Waals surface area contributed by atoms with Crippen LogP contribution in [-0.4, -0.2) is 4.98 Å². The number of aromatic nitrogens is 1. The molecule has 0 aliphatic rings. The molecule has 0 spiro atoms. The lowest BCUT2D eigenvalue weighted by Crippen LogP contribution is -1.99. The first-order valence-corrected chi connectivity index (χ1v) is 6.56. The highest BCUT2D eigenvalue weighted by atomic mass is 35.5. The van der Waals surface area contributed by atoms with Crippen molar-refractivity contribution >= 4 is 41.4 Å². The maximum Gasteiger partial charge on any atom is 0.119 e. The van der Waals surface area contributed by atoms with Gasteiger partial charge in [-0.2, -0.15) is 0 Å². The van der Waals surface area contributed by atoms with Gasteiger partial charge >= 0.3 is 0 Å². The highest BCUT2D eigenvalue weighted by molar-refractivity contribution is 5.85. The van der Waals surface area contributed by atoms with Crippen LogP contribution in [0.5, 0.6) is 5.75 Å². The molecule has 1 heterocycles. The summed E-state index contributed by atoms with van der Waals surface area (Å²) in [6.07, 6.45) is 0. The number of nitrogen functional groups attached to an aromatic ring is 1. The molecule has 2 N–H and O–H groups in total. The smallest absolute Gasteiger partial charge is 0.119 e. The zero-order valence-corrected chi connectivity index (χ0v) is 13.8. The van der Waals surface area contributed by atoms with Crippen molar-refractivity contribution < 1.29 is 4.74 Å². The molecule has 1 aromatic heterocycles. The Balaban J connectivity index is 0.00000121. The second-order valence-corrected chi connectivity index (χ2v) is 4.80. The Morgan fingerprint density at radius 3 is 2.41 bits per heavy atom. The maximum atomic E-state index is 5.83. The third kappa shape index (κ3) is 4.03. The first-order valence-electron chi connectivity index (χ1n) is 6.56. The number of rotatable bonds is 3. The monoisotopic (exact) mass is 336 g/mol. The van der Waals surface area contributed by atoms with Crippen molar-refractivity contribution in [1.82, 2.24) is 4.98 Å². The van der Waals surface area contributed by atoms with Gasteiger partial charge < -0.3 is 10.5 Å². The molecule has 0 saturated carbocycles. The zero-order valence-electron chi connectivity index (χ0n) is 12.2. The number of nitrogens with two attached hydrogens (primary N) is 1. The molecule has 0 unspecified atom stereocenters. The minimum absolute atomic E-state index is 0. The largest absolute Gasteiger partial charge is 0.489 e. The van der Waals surface area contributed by atoms with Gasteiger partial charge in [0.25, 0.3) is 0 Å². The Bertz CT molecular complexity index is 745. The summed E-state index contributed by atoms with van der Waals surface area (Å²) in [6.45, 7) is 2.52. The van der Waals surface area contributed by atoms with Gasteiger partial charge in [0.15, 0.2) is 0 Å². The summed E-state index contributed by atoms with van der Waals surface area (Å²) in [5.41, 5.74) is 9.55. The first kappa shape index (κ1) is 18.1. The van der Waals surface area contributed by atoms with E-state index in [1.807, 2.05) is 49.4 Å². The van der Waals surface area contributed by atoms with E-state index in [2.05, 4.69) is 17.1 Å². The van der Waals surface area contributed by atoms with Crippen LogP contribution in [0.3, 0.4) is 0 Å². The lowest BCUT2D eigenvalue weighted by atomic mass is 10.1. The van der Waals surface area contributed by atoms with E-state index in [0.717, 1.165) is 33.6 Å². The van der Waals surface area contributed by atoms with Crippen LogP contribution in [0.1, 0.15) is 11.3 Å². The van der Waals surface area contributed by atoms with Crippen molar-refractivity contribution in [2.24, 2.45) is 0 Å². The normalized spacial score (nSPS) is 9.68. The van der Waals surface area contributed by atoms with Gasteiger partial charge in [-0.25, -0.2) is 0 Å². The van der Waals surface area contributed by atoms with Crippen LogP contribution in [0.15, 0.2) is 54.6 Å². The average molecular weight is 337 g/mol. The molecular formula is C17H18Cl2N2O. The minimum Gasteiger partial charge on any atom is -0.489 e. The summed E-state index contributed by atoms with van der Waals surface area (Å²) in [7, 11) is 0. The third-order valence-electron chi connectivity index (χ3n) is 3.20. The molecule has 0 aliphatic carbocycles. The minimum atomic E-state index is 0. The van der Waals surface area contributed by atoms with E-state index in [1.165, 1.54) is 0 Å². The number of benzene rings is 2. The molecule has 116 valence electrons. The number of ether oxygens (including phenoxy) is 1. The molecule has 3 rings (SSSR count). The fourth-order valence-electron chi connectivity index (χ4n) is 2.24. The highest BCUT2D eigenvalue weighted by Crippen LogP contribution is 2.21. The number of halogens is 2. The highest BCUT2D eigenvalue weighted by Gasteiger charge is 2.04. The Hall–Kier alpha value is -1.97. The van der Waals surface area contributed by atoms with E-state index in [-0.39, 0.29) is 24.8 Å². The molecule has 2 aromatic carbocycles. The second-order valence-electron chi connectivity index (χ2n) is 4.80. The predicted molar refractivity (Wildman–Crippen MR) is 96.2 cm³/mol. The van der Waals surface area contributed by atoms with Gasteiger partial charge in [-0.15, -0.1) is 24.8 Å². The summed E-state index contributed by atoms with van der Waals surface area (Å²) in [5, 5.41) is 1.13. The third-order valence-corrected chi connectivity index (χ3v) is 3.20. The van der Waals surface area contributed by atoms with Gasteiger partial charge in [0, 0.05) is 22.3 Å². The van der Waals surface area contributed by atoms with Gasteiger partial charge in [0.05, 0.1) is 5.52 Å². The number of hydrogen-bond donors (Lipinski definition) is 1.